The summed E-state index contributed by atoms with van der Waals surface area (Å²) < 4.78 is 0. The van der Waals surface area contributed by atoms with E-state index in [1.807, 2.05) is 19.9 Å². The molecule has 1 nitrogen and oxygen atoms in total. The Bertz CT molecular complexity index is 775. The second kappa shape index (κ2) is 6.94. The van der Waals surface area contributed by atoms with Crippen molar-refractivity contribution in [3.8, 4) is 0 Å². The number of aromatic amines is 1. The van der Waals surface area contributed by atoms with Crippen LogP contribution < -0.4 is 0 Å². The molecule has 1 N–H and O–H groups in total. The molecule has 0 atom stereocenters. The van der Waals surface area contributed by atoms with Gasteiger partial charge in [0.15, 0.2) is 0 Å². The number of rotatable bonds is 3. The Hall–Kier alpha value is -2.28. The highest BCUT2D eigenvalue weighted by Gasteiger charge is 2.07. The molecule has 2 aromatic carbocycles. The van der Waals surface area contributed by atoms with Crippen molar-refractivity contribution in [2.45, 2.75) is 27.2 Å². The van der Waals surface area contributed by atoms with Gasteiger partial charge in [0.1, 0.15) is 0 Å². The largest absolute Gasteiger partial charge is 0.355 e. The Morgan fingerprint density at radius 2 is 1.76 bits per heavy atom. The summed E-state index contributed by atoms with van der Waals surface area (Å²) in [7, 11) is 0. The summed E-state index contributed by atoms with van der Waals surface area (Å²) in [4.78, 5) is 3.48. The fraction of sp³-hybridized carbons (Fsp3) is 0.200. The molecule has 0 aliphatic rings. The average Bonchev–Trinajstić information content (AvgIpc) is 2.88. The number of H-pyrrole nitrogens is 1. The lowest BCUT2D eigenvalue weighted by molar-refractivity contribution is 1.23. The molecule has 0 saturated carbocycles. The van der Waals surface area contributed by atoms with Gasteiger partial charge >= 0.3 is 0 Å². The molecule has 108 valence electrons. The summed E-state index contributed by atoms with van der Waals surface area (Å²) in [6, 6.07) is 12.9. The van der Waals surface area contributed by atoms with E-state index in [0.717, 1.165) is 12.1 Å². The van der Waals surface area contributed by atoms with Gasteiger partial charge in [-0.1, -0.05) is 63.8 Å². The van der Waals surface area contributed by atoms with E-state index in [1.165, 1.54) is 27.2 Å². The number of aromatic nitrogens is 1. The third-order valence-corrected chi connectivity index (χ3v) is 3.46. The van der Waals surface area contributed by atoms with Crippen LogP contribution in [-0.2, 0) is 0 Å². The summed E-state index contributed by atoms with van der Waals surface area (Å²) in [6.07, 6.45) is 7.27. The Labute approximate surface area is 127 Å². The second-order valence-corrected chi connectivity index (χ2v) is 4.71. The van der Waals surface area contributed by atoms with E-state index in [2.05, 4.69) is 67.0 Å². The van der Waals surface area contributed by atoms with E-state index in [0.29, 0.717) is 0 Å². The lowest BCUT2D eigenvalue weighted by Crippen LogP contribution is -1.74. The average molecular weight is 277 g/mol. The third-order valence-electron chi connectivity index (χ3n) is 3.46. The molecule has 0 aliphatic heterocycles. The number of nitrogens with one attached hydrogen (secondary N) is 1. The van der Waals surface area contributed by atoms with Crippen molar-refractivity contribution in [1.82, 2.24) is 4.98 Å². The molecule has 0 aliphatic carbocycles. The Kier molecular flexibility index (Phi) is 4.99. The number of benzene rings is 2. The fourth-order valence-electron chi connectivity index (χ4n) is 2.51. The molecular weight excluding hydrogens is 254 g/mol. The van der Waals surface area contributed by atoms with Crippen LogP contribution in [-0.4, -0.2) is 4.98 Å². The van der Waals surface area contributed by atoms with E-state index in [4.69, 9.17) is 0 Å². The first kappa shape index (κ1) is 15.1. The van der Waals surface area contributed by atoms with E-state index in [9.17, 15) is 0 Å². The first-order valence-corrected chi connectivity index (χ1v) is 7.67. The zero-order valence-electron chi connectivity index (χ0n) is 13.1. The van der Waals surface area contributed by atoms with Gasteiger partial charge in [-0.3, -0.25) is 0 Å². The van der Waals surface area contributed by atoms with E-state index >= 15 is 0 Å². The SMILES string of the molecule is C=Cc1c(/C=C\CC)[nH]c2cc3ccccc3cc12.CC. The van der Waals surface area contributed by atoms with Crippen LogP contribution in [0, 0.1) is 0 Å². The fourth-order valence-corrected chi connectivity index (χ4v) is 2.51. The maximum absolute atomic E-state index is 3.95. The molecule has 1 heteroatoms. The highest BCUT2D eigenvalue weighted by Crippen LogP contribution is 2.29. The van der Waals surface area contributed by atoms with E-state index < -0.39 is 0 Å². The Morgan fingerprint density at radius 3 is 2.38 bits per heavy atom. The van der Waals surface area contributed by atoms with Crippen molar-refractivity contribution in [2.75, 3.05) is 0 Å². The number of fused-ring (bicyclic) bond motifs is 2. The first-order valence-electron chi connectivity index (χ1n) is 7.67. The van der Waals surface area contributed by atoms with Gasteiger partial charge in [0.05, 0.1) is 0 Å². The van der Waals surface area contributed by atoms with Crippen LogP contribution in [0.5, 0.6) is 0 Å². The minimum atomic E-state index is 1.04. The lowest BCUT2D eigenvalue weighted by atomic mass is 10.0. The summed E-state index contributed by atoms with van der Waals surface area (Å²) in [5.41, 5.74) is 3.50. The molecular formula is C20H23N. The molecule has 0 unspecified atom stereocenters. The second-order valence-electron chi connectivity index (χ2n) is 4.71. The van der Waals surface area contributed by atoms with Gasteiger partial charge in [-0.25, -0.2) is 0 Å². The molecule has 0 bridgehead atoms. The Balaban J connectivity index is 0.000000774. The van der Waals surface area contributed by atoms with Crippen LogP contribution in [0.15, 0.2) is 49.1 Å². The van der Waals surface area contributed by atoms with Crippen molar-refractivity contribution in [2.24, 2.45) is 0 Å². The van der Waals surface area contributed by atoms with Crippen molar-refractivity contribution >= 4 is 33.8 Å². The highest BCUT2D eigenvalue weighted by atomic mass is 14.7. The predicted molar refractivity (Wildman–Crippen MR) is 96.6 cm³/mol. The minimum Gasteiger partial charge on any atom is -0.355 e. The van der Waals surface area contributed by atoms with Gasteiger partial charge < -0.3 is 4.98 Å². The molecule has 0 amide bonds. The maximum atomic E-state index is 3.95. The van der Waals surface area contributed by atoms with Crippen molar-refractivity contribution in [3.05, 3.63) is 60.3 Å². The molecule has 3 rings (SSSR count). The van der Waals surface area contributed by atoms with Gasteiger partial charge in [0.2, 0.25) is 0 Å². The van der Waals surface area contributed by atoms with Crippen LogP contribution in [0.4, 0.5) is 0 Å². The van der Waals surface area contributed by atoms with Crippen LogP contribution in [0.25, 0.3) is 33.8 Å². The van der Waals surface area contributed by atoms with Crippen molar-refractivity contribution in [3.63, 3.8) is 0 Å². The van der Waals surface area contributed by atoms with Crippen molar-refractivity contribution in [1.29, 1.82) is 0 Å². The summed E-state index contributed by atoms with van der Waals surface area (Å²) in [5, 5.41) is 3.77. The van der Waals surface area contributed by atoms with E-state index in [-0.39, 0.29) is 0 Å². The van der Waals surface area contributed by atoms with Gasteiger partial charge in [0.25, 0.3) is 0 Å². The predicted octanol–water partition coefficient (Wildman–Crippen LogP) is 6.41. The van der Waals surface area contributed by atoms with Crippen LogP contribution >= 0.6 is 0 Å². The summed E-state index contributed by atoms with van der Waals surface area (Å²) in [6.45, 7) is 10.1. The molecule has 0 spiro atoms. The molecule has 0 fully saturated rings. The minimum absolute atomic E-state index is 1.04. The van der Waals surface area contributed by atoms with Crippen molar-refractivity contribution < 1.29 is 0 Å². The summed E-state index contributed by atoms with van der Waals surface area (Å²) in [5.74, 6) is 0. The summed E-state index contributed by atoms with van der Waals surface area (Å²) >= 11 is 0. The molecule has 21 heavy (non-hydrogen) atoms. The van der Waals surface area contributed by atoms with Crippen LogP contribution in [0.3, 0.4) is 0 Å². The van der Waals surface area contributed by atoms with Gasteiger partial charge in [0, 0.05) is 22.2 Å². The number of hydrogen-bond acceptors (Lipinski definition) is 0. The topological polar surface area (TPSA) is 15.8 Å². The van der Waals surface area contributed by atoms with Gasteiger partial charge in [-0.15, -0.1) is 0 Å². The molecule has 0 radical (unpaired) electrons. The smallest absolute Gasteiger partial charge is 0.0471 e. The molecule has 1 aromatic heterocycles. The van der Waals surface area contributed by atoms with E-state index in [1.54, 1.807) is 0 Å². The van der Waals surface area contributed by atoms with Gasteiger partial charge in [-0.05, 0) is 35.4 Å². The molecule has 3 aromatic rings. The number of hydrogen-bond donors (Lipinski definition) is 1. The quantitative estimate of drug-likeness (QED) is 0.569. The zero-order valence-corrected chi connectivity index (χ0v) is 13.1. The molecule has 1 heterocycles. The first-order chi connectivity index (χ1) is 10.3. The zero-order chi connectivity index (χ0) is 15.2. The molecule has 0 saturated heterocycles. The monoisotopic (exact) mass is 277 g/mol. The lowest BCUT2D eigenvalue weighted by Gasteiger charge is -1.98. The maximum Gasteiger partial charge on any atom is 0.0471 e. The van der Waals surface area contributed by atoms with Crippen LogP contribution in [0.2, 0.25) is 0 Å². The normalized spacial score (nSPS) is 10.8. The standard InChI is InChI=1S/C18H17N.C2H6/c1-3-5-10-17-15(4-2)16-11-13-8-6-7-9-14(13)12-18(16)19-17;1-2/h4-12,19H,2-3H2,1H3;1-2H3/b10-5-;. The Morgan fingerprint density at radius 1 is 1.10 bits per heavy atom. The third kappa shape index (κ3) is 2.92. The highest BCUT2D eigenvalue weighted by molar-refractivity contribution is 6.02. The van der Waals surface area contributed by atoms with Gasteiger partial charge in [-0.2, -0.15) is 0 Å². The van der Waals surface area contributed by atoms with Crippen LogP contribution in [0.1, 0.15) is 38.4 Å². The number of allylic oxidation sites excluding steroid dienone is 1.